The van der Waals surface area contributed by atoms with Gasteiger partial charge in [0.05, 0.1) is 33.1 Å². The minimum absolute atomic E-state index is 0.500. The van der Waals surface area contributed by atoms with Gasteiger partial charge in [0.15, 0.2) is 5.69 Å². The van der Waals surface area contributed by atoms with E-state index < -0.39 is 37.5 Å². The lowest BCUT2D eigenvalue weighted by Crippen LogP contribution is -2.03. The SMILES string of the molecule is O=[N+]([O-])c1cc([N+](=O)[O-])c(N/C=C\c2ccccc2/C=N/O)c([N+](=O)[O-])c1. The highest BCUT2D eigenvalue weighted by atomic mass is 16.6. The largest absolute Gasteiger partial charge is 0.411 e. The van der Waals surface area contributed by atoms with Crippen LogP contribution in [0.3, 0.4) is 0 Å². The molecular weight excluding hydrogens is 362 g/mol. The molecule has 0 spiro atoms. The van der Waals surface area contributed by atoms with Crippen molar-refractivity contribution in [3.8, 4) is 0 Å². The first-order chi connectivity index (χ1) is 12.8. The van der Waals surface area contributed by atoms with E-state index in [2.05, 4.69) is 10.5 Å². The third-order valence-electron chi connectivity index (χ3n) is 3.37. The van der Waals surface area contributed by atoms with Gasteiger partial charge in [-0.1, -0.05) is 29.4 Å². The molecular formula is C15H11N5O7. The molecule has 0 heterocycles. The van der Waals surface area contributed by atoms with Crippen LogP contribution in [0.1, 0.15) is 11.1 Å². The summed E-state index contributed by atoms with van der Waals surface area (Å²) in [7, 11) is 0. The van der Waals surface area contributed by atoms with Gasteiger partial charge in [-0.05, 0) is 11.6 Å². The average Bonchev–Trinajstić information content (AvgIpc) is 2.62. The van der Waals surface area contributed by atoms with Crippen LogP contribution < -0.4 is 5.32 Å². The molecule has 138 valence electrons. The van der Waals surface area contributed by atoms with Crippen LogP contribution in [0.5, 0.6) is 0 Å². The summed E-state index contributed by atoms with van der Waals surface area (Å²) < 4.78 is 0. The van der Waals surface area contributed by atoms with Gasteiger partial charge in [0, 0.05) is 11.8 Å². The first-order valence-electron chi connectivity index (χ1n) is 7.16. The van der Waals surface area contributed by atoms with Crippen molar-refractivity contribution in [3.63, 3.8) is 0 Å². The van der Waals surface area contributed by atoms with E-state index in [-0.39, 0.29) is 0 Å². The Hall–Kier alpha value is -4.35. The number of oxime groups is 1. The highest BCUT2D eigenvalue weighted by Gasteiger charge is 2.30. The monoisotopic (exact) mass is 373 g/mol. The highest BCUT2D eigenvalue weighted by Crippen LogP contribution is 2.38. The number of nitro benzene ring substituents is 3. The van der Waals surface area contributed by atoms with E-state index >= 15 is 0 Å². The molecule has 0 fully saturated rings. The van der Waals surface area contributed by atoms with E-state index in [4.69, 9.17) is 5.21 Å². The van der Waals surface area contributed by atoms with Crippen molar-refractivity contribution in [2.24, 2.45) is 5.16 Å². The van der Waals surface area contributed by atoms with Crippen molar-refractivity contribution in [1.82, 2.24) is 0 Å². The van der Waals surface area contributed by atoms with Gasteiger partial charge in [0.2, 0.25) is 0 Å². The molecule has 2 aromatic rings. The summed E-state index contributed by atoms with van der Waals surface area (Å²) in [5, 5.41) is 47.2. The molecule has 0 amide bonds. The molecule has 2 N–H and O–H groups in total. The summed E-state index contributed by atoms with van der Waals surface area (Å²) in [5.41, 5.74) is -1.83. The van der Waals surface area contributed by atoms with E-state index in [1.165, 1.54) is 12.3 Å². The summed E-state index contributed by atoms with van der Waals surface area (Å²) >= 11 is 0. The Morgan fingerprint density at radius 3 is 1.96 bits per heavy atom. The van der Waals surface area contributed by atoms with Crippen molar-refractivity contribution >= 4 is 35.0 Å². The minimum Gasteiger partial charge on any atom is -0.411 e. The van der Waals surface area contributed by atoms with Crippen LogP contribution in [0.4, 0.5) is 22.7 Å². The van der Waals surface area contributed by atoms with E-state index in [1.54, 1.807) is 24.3 Å². The number of hydrogen-bond donors (Lipinski definition) is 2. The normalized spacial score (nSPS) is 11.0. The Bertz CT molecular complexity index is 936. The molecule has 0 aliphatic heterocycles. The maximum absolute atomic E-state index is 11.2. The molecule has 0 bridgehead atoms. The van der Waals surface area contributed by atoms with Gasteiger partial charge in [0.1, 0.15) is 0 Å². The molecule has 2 aromatic carbocycles. The van der Waals surface area contributed by atoms with Gasteiger partial charge in [-0.2, -0.15) is 0 Å². The fourth-order valence-electron chi connectivity index (χ4n) is 2.20. The molecule has 12 heteroatoms. The van der Waals surface area contributed by atoms with E-state index in [9.17, 15) is 30.3 Å². The average molecular weight is 373 g/mol. The van der Waals surface area contributed by atoms with Crippen LogP contribution in [-0.4, -0.2) is 26.2 Å². The first-order valence-corrected chi connectivity index (χ1v) is 7.16. The minimum atomic E-state index is -0.956. The number of nitro groups is 3. The van der Waals surface area contributed by atoms with Gasteiger partial charge in [-0.15, -0.1) is 0 Å². The number of nitrogens with one attached hydrogen (secondary N) is 1. The van der Waals surface area contributed by atoms with E-state index in [0.717, 1.165) is 6.21 Å². The molecule has 0 saturated carbocycles. The maximum atomic E-state index is 11.2. The van der Waals surface area contributed by atoms with E-state index in [0.29, 0.717) is 23.3 Å². The van der Waals surface area contributed by atoms with Crippen LogP contribution in [-0.2, 0) is 0 Å². The summed E-state index contributed by atoms with van der Waals surface area (Å²) in [6.45, 7) is 0. The number of rotatable bonds is 7. The van der Waals surface area contributed by atoms with Crippen LogP contribution >= 0.6 is 0 Å². The van der Waals surface area contributed by atoms with Gasteiger partial charge < -0.3 is 10.5 Å². The topological polar surface area (TPSA) is 174 Å². The zero-order chi connectivity index (χ0) is 20.0. The Kier molecular flexibility index (Phi) is 5.73. The molecule has 27 heavy (non-hydrogen) atoms. The van der Waals surface area contributed by atoms with Crippen molar-refractivity contribution in [3.05, 3.63) is 84.1 Å². The second kappa shape index (κ2) is 8.15. The number of benzene rings is 2. The lowest BCUT2D eigenvalue weighted by Gasteiger charge is -2.05. The second-order valence-electron chi connectivity index (χ2n) is 4.98. The number of anilines is 1. The molecule has 0 aromatic heterocycles. The molecule has 12 nitrogen and oxygen atoms in total. The molecule has 0 unspecified atom stereocenters. The molecule has 0 atom stereocenters. The fraction of sp³-hybridized carbons (Fsp3) is 0. The molecule has 0 radical (unpaired) electrons. The third-order valence-corrected chi connectivity index (χ3v) is 3.37. The number of hydrogen-bond acceptors (Lipinski definition) is 9. The Balaban J connectivity index is 2.48. The van der Waals surface area contributed by atoms with Crippen LogP contribution in [0, 0.1) is 30.3 Å². The zero-order valence-electron chi connectivity index (χ0n) is 13.4. The number of nitrogens with zero attached hydrogens (tertiary/aromatic N) is 4. The van der Waals surface area contributed by atoms with Crippen molar-refractivity contribution in [2.45, 2.75) is 0 Å². The molecule has 0 aliphatic carbocycles. The molecule has 2 rings (SSSR count). The predicted octanol–water partition coefficient (Wildman–Crippen LogP) is 3.30. The van der Waals surface area contributed by atoms with Gasteiger partial charge >= 0.3 is 11.4 Å². The van der Waals surface area contributed by atoms with Gasteiger partial charge in [0.25, 0.3) is 5.69 Å². The smallest absolute Gasteiger partial charge is 0.306 e. The van der Waals surface area contributed by atoms with Gasteiger partial charge in [-0.25, -0.2) is 0 Å². The lowest BCUT2D eigenvalue weighted by atomic mass is 10.1. The van der Waals surface area contributed by atoms with Crippen molar-refractivity contribution in [2.75, 3.05) is 5.32 Å². The number of non-ortho nitro benzene ring substituents is 1. The highest BCUT2D eigenvalue weighted by molar-refractivity contribution is 5.85. The predicted molar refractivity (Wildman–Crippen MR) is 94.9 cm³/mol. The first kappa shape index (κ1) is 19.0. The molecule has 0 saturated heterocycles. The standard InChI is InChI=1S/C15H11N5O7/c21-17-9-11-4-2-1-3-10(11)5-6-16-15-13(19(24)25)7-12(18(22)23)8-14(15)20(26)27/h1-9,16,21H/b6-5-,17-9+. The Morgan fingerprint density at radius 1 is 0.926 bits per heavy atom. The second-order valence-corrected chi connectivity index (χ2v) is 4.98. The van der Waals surface area contributed by atoms with Crippen molar-refractivity contribution in [1.29, 1.82) is 0 Å². The zero-order valence-corrected chi connectivity index (χ0v) is 13.4. The van der Waals surface area contributed by atoms with Crippen molar-refractivity contribution < 1.29 is 20.0 Å². The van der Waals surface area contributed by atoms with Gasteiger partial charge in [-0.3, -0.25) is 30.3 Å². The third kappa shape index (κ3) is 4.39. The van der Waals surface area contributed by atoms with Crippen LogP contribution in [0.15, 0.2) is 47.8 Å². The summed E-state index contributed by atoms with van der Waals surface area (Å²) in [6, 6.07) is 7.92. The van der Waals surface area contributed by atoms with Crippen LogP contribution in [0.2, 0.25) is 0 Å². The Morgan fingerprint density at radius 2 is 1.48 bits per heavy atom. The maximum Gasteiger partial charge on any atom is 0.306 e. The quantitative estimate of drug-likeness (QED) is 0.321. The fourth-order valence-corrected chi connectivity index (χ4v) is 2.20. The molecule has 0 aliphatic rings. The lowest BCUT2D eigenvalue weighted by molar-refractivity contribution is -0.401. The summed E-state index contributed by atoms with van der Waals surface area (Å²) in [4.78, 5) is 30.4. The summed E-state index contributed by atoms with van der Waals surface area (Å²) in [5.74, 6) is 0. The van der Waals surface area contributed by atoms with E-state index in [1.807, 2.05) is 0 Å². The van der Waals surface area contributed by atoms with Crippen LogP contribution in [0.25, 0.3) is 6.08 Å². The summed E-state index contributed by atoms with van der Waals surface area (Å²) in [6.07, 6.45) is 3.80. The Labute approximate surface area is 150 Å².